The predicted octanol–water partition coefficient (Wildman–Crippen LogP) is 1.35. The number of aromatic nitrogens is 4. The Labute approximate surface area is 113 Å². The molecule has 0 saturated carbocycles. The highest BCUT2D eigenvalue weighted by atomic mass is 79.9. The lowest BCUT2D eigenvalue weighted by molar-refractivity contribution is 0.219. The quantitative estimate of drug-likeness (QED) is 0.928. The van der Waals surface area contributed by atoms with Crippen LogP contribution in [0.25, 0.3) is 0 Å². The van der Waals surface area contributed by atoms with Crippen molar-refractivity contribution in [3.63, 3.8) is 0 Å². The standard InChI is InChI=1S/C11H12BrN5O/c1-3-17-6-7(9(4-13)14-17)10(18)8-5-16(2)15-11(8)12/h5-6,10,18H,3H2,1-2H3. The lowest BCUT2D eigenvalue weighted by atomic mass is 10.1. The third-order valence-electron chi connectivity index (χ3n) is 2.62. The maximum atomic E-state index is 10.3. The highest BCUT2D eigenvalue weighted by Crippen LogP contribution is 2.28. The van der Waals surface area contributed by atoms with Gasteiger partial charge in [-0.1, -0.05) is 0 Å². The summed E-state index contributed by atoms with van der Waals surface area (Å²) in [5, 5.41) is 27.5. The number of nitriles is 1. The average Bonchev–Trinajstić information content (AvgIpc) is 2.91. The summed E-state index contributed by atoms with van der Waals surface area (Å²) in [6.07, 6.45) is 2.48. The van der Waals surface area contributed by atoms with Crippen LogP contribution in [0, 0.1) is 11.3 Å². The van der Waals surface area contributed by atoms with Crippen molar-refractivity contribution in [3.05, 3.63) is 33.8 Å². The number of hydrogen-bond acceptors (Lipinski definition) is 4. The van der Waals surface area contributed by atoms with Gasteiger partial charge in [0.25, 0.3) is 0 Å². The molecule has 0 aliphatic carbocycles. The smallest absolute Gasteiger partial charge is 0.168 e. The second-order valence-electron chi connectivity index (χ2n) is 3.85. The fourth-order valence-electron chi connectivity index (χ4n) is 1.72. The molecule has 2 rings (SSSR count). The number of rotatable bonds is 3. The normalized spacial score (nSPS) is 12.4. The molecule has 0 amide bonds. The molecule has 1 atom stereocenters. The molecule has 0 spiro atoms. The molecule has 7 heteroatoms. The first-order chi connectivity index (χ1) is 8.56. The largest absolute Gasteiger partial charge is 0.383 e. The Morgan fingerprint density at radius 2 is 2.17 bits per heavy atom. The van der Waals surface area contributed by atoms with E-state index in [4.69, 9.17) is 5.26 Å². The van der Waals surface area contributed by atoms with Gasteiger partial charge in [-0.2, -0.15) is 15.5 Å². The minimum Gasteiger partial charge on any atom is -0.383 e. The fraction of sp³-hybridized carbons (Fsp3) is 0.364. The molecule has 94 valence electrons. The van der Waals surface area contributed by atoms with Crippen LogP contribution in [0.1, 0.15) is 29.8 Å². The molecule has 0 saturated heterocycles. The van der Waals surface area contributed by atoms with Crippen LogP contribution in [0.3, 0.4) is 0 Å². The Morgan fingerprint density at radius 1 is 1.44 bits per heavy atom. The molecule has 0 fully saturated rings. The Morgan fingerprint density at radius 3 is 2.67 bits per heavy atom. The van der Waals surface area contributed by atoms with Crippen LogP contribution < -0.4 is 0 Å². The summed E-state index contributed by atoms with van der Waals surface area (Å²) >= 11 is 3.28. The van der Waals surface area contributed by atoms with Gasteiger partial charge in [0.15, 0.2) is 5.69 Å². The highest BCUT2D eigenvalue weighted by molar-refractivity contribution is 9.10. The predicted molar refractivity (Wildman–Crippen MR) is 67.6 cm³/mol. The molecule has 6 nitrogen and oxygen atoms in total. The molecule has 0 bridgehead atoms. The summed E-state index contributed by atoms with van der Waals surface area (Å²) in [7, 11) is 1.77. The molecule has 0 aliphatic rings. The van der Waals surface area contributed by atoms with Crippen molar-refractivity contribution in [2.75, 3.05) is 0 Å². The van der Waals surface area contributed by atoms with Crippen molar-refractivity contribution in [2.45, 2.75) is 19.6 Å². The summed E-state index contributed by atoms with van der Waals surface area (Å²) in [4.78, 5) is 0. The molecule has 0 aromatic carbocycles. The number of aliphatic hydroxyl groups excluding tert-OH is 1. The van der Waals surface area contributed by atoms with Gasteiger partial charge in [-0.25, -0.2) is 0 Å². The summed E-state index contributed by atoms with van der Waals surface area (Å²) < 4.78 is 3.78. The maximum absolute atomic E-state index is 10.3. The van der Waals surface area contributed by atoms with Crippen LogP contribution in [0.15, 0.2) is 17.0 Å². The third-order valence-corrected chi connectivity index (χ3v) is 3.24. The van der Waals surface area contributed by atoms with Crippen LogP contribution in [0.2, 0.25) is 0 Å². The fourth-order valence-corrected chi connectivity index (χ4v) is 2.29. The summed E-state index contributed by atoms with van der Waals surface area (Å²) in [5.41, 5.74) is 1.35. The highest BCUT2D eigenvalue weighted by Gasteiger charge is 2.22. The number of aryl methyl sites for hydroxylation is 2. The Bertz CT molecular complexity index is 609. The molecule has 0 aliphatic heterocycles. The van der Waals surface area contributed by atoms with Crippen molar-refractivity contribution in [3.8, 4) is 6.07 Å². The van der Waals surface area contributed by atoms with Gasteiger partial charge in [0.2, 0.25) is 0 Å². The molecule has 2 heterocycles. The van der Waals surface area contributed by atoms with Crippen molar-refractivity contribution in [2.24, 2.45) is 7.05 Å². The molecular formula is C11H12BrN5O. The maximum Gasteiger partial charge on any atom is 0.168 e. The van der Waals surface area contributed by atoms with Crippen LogP contribution in [-0.2, 0) is 13.6 Å². The van der Waals surface area contributed by atoms with E-state index in [1.165, 1.54) is 0 Å². The first-order valence-corrected chi connectivity index (χ1v) is 6.20. The van der Waals surface area contributed by atoms with E-state index < -0.39 is 6.10 Å². The minimum atomic E-state index is -0.914. The third kappa shape index (κ3) is 2.17. The summed E-state index contributed by atoms with van der Waals surface area (Å²) in [5.74, 6) is 0. The van der Waals surface area contributed by atoms with Gasteiger partial charge in [-0.15, -0.1) is 0 Å². The molecule has 18 heavy (non-hydrogen) atoms. The summed E-state index contributed by atoms with van der Waals surface area (Å²) in [6, 6.07) is 1.99. The van der Waals surface area contributed by atoms with Crippen LogP contribution >= 0.6 is 15.9 Å². The van der Waals surface area contributed by atoms with E-state index in [-0.39, 0.29) is 5.69 Å². The number of nitrogens with zero attached hydrogens (tertiary/aromatic N) is 5. The lowest BCUT2D eigenvalue weighted by Crippen LogP contribution is -2.00. The van der Waals surface area contributed by atoms with E-state index >= 15 is 0 Å². The van der Waals surface area contributed by atoms with Gasteiger partial charge in [0.1, 0.15) is 16.8 Å². The van der Waals surface area contributed by atoms with E-state index in [1.807, 2.05) is 13.0 Å². The van der Waals surface area contributed by atoms with E-state index in [2.05, 4.69) is 26.1 Å². The number of aliphatic hydroxyl groups is 1. The van der Waals surface area contributed by atoms with E-state index in [1.54, 1.807) is 28.8 Å². The van der Waals surface area contributed by atoms with Crippen molar-refractivity contribution >= 4 is 15.9 Å². The lowest BCUT2D eigenvalue weighted by Gasteiger charge is -2.06. The Balaban J connectivity index is 2.45. The van der Waals surface area contributed by atoms with Crippen LogP contribution in [0.5, 0.6) is 0 Å². The first-order valence-electron chi connectivity index (χ1n) is 5.41. The molecule has 0 radical (unpaired) electrons. The number of halogens is 1. The van der Waals surface area contributed by atoms with Crippen molar-refractivity contribution in [1.29, 1.82) is 5.26 Å². The van der Waals surface area contributed by atoms with Gasteiger partial charge in [0, 0.05) is 37.1 Å². The molecule has 1 N–H and O–H groups in total. The molecule has 2 aromatic rings. The van der Waals surface area contributed by atoms with Crippen molar-refractivity contribution in [1.82, 2.24) is 19.6 Å². The zero-order valence-electron chi connectivity index (χ0n) is 10.0. The minimum absolute atomic E-state index is 0.236. The Hall–Kier alpha value is -1.65. The zero-order chi connectivity index (χ0) is 13.3. The SMILES string of the molecule is CCn1cc(C(O)c2cn(C)nc2Br)c(C#N)n1. The second-order valence-corrected chi connectivity index (χ2v) is 4.60. The van der Waals surface area contributed by atoms with Gasteiger partial charge < -0.3 is 5.11 Å². The topological polar surface area (TPSA) is 79.7 Å². The van der Waals surface area contributed by atoms with Gasteiger partial charge >= 0.3 is 0 Å². The van der Waals surface area contributed by atoms with Crippen LogP contribution in [0.4, 0.5) is 0 Å². The van der Waals surface area contributed by atoms with Crippen molar-refractivity contribution < 1.29 is 5.11 Å². The second kappa shape index (κ2) is 4.92. The van der Waals surface area contributed by atoms with Gasteiger partial charge in [-0.05, 0) is 22.9 Å². The van der Waals surface area contributed by atoms with Gasteiger partial charge in [-0.3, -0.25) is 9.36 Å². The molecule has 1 unspecified atom stereocenters. The number of hydrogen-bond donors (Lipinski definition) is 1. The summed E-state index contributed by atoms with van der Waals surface area (Å²) in [6.45, 7) is 2.57. The first kappa shape index (κ1) is 12.8. The monoisotopic (exact) mass is 309 g/mol. The molecular weight excluding hydrogens is 298 g/mol. The van der Waals surface area contributed by atoms with E-state index in [9.17, 15) is 5.11 Å². The van der Waals surface area contributed by atoms with E-state index in [0.717, 1.165) is 0 Å². The van der Waals surface area contributed by atoms with E-state index in [0.29, 0.717) is 22.3 Å². The zero-order valence-corrected chi connectivity index (χ0v) is 11.6. The molecule has 2 aromatic heterocycles. The van der Waals surface area contributed by atoms with Crippen LogP contribution in [-0.4, -0.2) is 24.7 Å². The Kier molecular flexibility index (Phi) is 3.50. The average molecular weight is 310 g/mol. The van der Waals surface area contributed by atoms with Gasteiger partial charge in [0.05, 0.1) is 0 Å².